The Bertz CT molecular complexity index is 220. The van der Waals surface area contributed by atoms with Crippen LogP contribution in [0.25, 0.3) is 4.85 Å². The van der Waals surface area contributed by atoms with Gasteiger partial charge in [-0.25, -0.2) is 6.57 Å². The van der Waals surface area contributed by atoms with Gasteiger partial charge in [-0.2, -0.15) is 0 Å². The van der Waals surface area contributed by atoms with Gasteiger partial charge in [-0.15, -0.1) is 11.3 Å². The van der Waals surface area contributed by atoms with E-state index in [0.29, 0.717) is 0 Å². The molecule has 0 amide bonds. The van der Waals surface area contributed by atoms with E-state index in [1.807, 2.05) is 24.4 Å². The van der Waals surface area contributed by atoms with Crippen molar-refractivity contribution in [1.29, 1.82) is 0 Å². The van der Waals surface area contributed by atoms with E-state index in [0.717, 1.165) is 6.42 Å². The van der Waals surface area contributed by atoms with Gasteiger partial charge in [0.1, 0.15) is 0 Å². The number of hydrogen-bond donors (Lipinski definition) is 0. The van der Waals surface area contributed by atoms with Crippen molar-refractivity contribution >= 4 is 11.3 Å². The molecule has 1 heterocycles. The molecule has 10 heavy (non-hydrogen) atoms. The Morgan fingerprint density at radius 2 is 2.60 bits per heavy atom. The lowest BCUT2D eigenvalue weighted by atomic mass is 10.2. The molecular weight excluding hydrogens is 142 g/mol. The monoisotopic (exact) mass is 151 g/mol. The second-order valence-corrected chi connectivity index (χ2v) is 3.05. The molecule has 0 saturated carbocycles. The summed E-state index contributed by atoms with van der Waals surface area (Å²) in [7, 11) is 0. The van der Waals surface area contributed by atoms with E-state index in [4.69, 9.17) is 6.57 Å². The van der Waals surface area contributed by atoms with E-state index in [2.05, 4.69) is 4.85 Å². The third-order valence-electron chi connectivity index (χ3n) is 1.41. The minimum atomic E-state index is 0.0972. The smallest absolute Gasteiger partial charge is 0.257 e. The van der Waals surface area contributed by atoms with Crippen LogP contribution in [0.1, 0.15) is 24.3 Å². The maximum Gasteiger partial charge on any atom is 0.257 e. The van der Waals surface area contributed by atoms with Crippen LogP contribution in [-0.4, -0.2) is 0 Å². The van der Waals surface area contributed by atoms with Gasteiger partial charge in [0.25, 0.3) is 6.04 Å². The summed E-state index contributed by atoms with van der Waals surface area (Å²) in [5, 5.41) is 2.02. The molecule has 1 nitrogen and oxygen atoms in total. The lowest BCUT2D eigenvalue weighted by molar-refractivity contribution is 0.816. The fraction of sp³-hybridized carbons (Fsp3) is 0.375. The molecule has 1 unspecified atom stereocenters. The van der Waals surface area contributed by atoms with Crippen molar-refractivity contribution in [3.63, 3.8) is 0 Å². The molecule has 0 saturated heterocycles. The van der Waals surface area contributed by atoms with Gasteiger partial charge in [0.2, 0.25) is 0 Å². The van der Waals surface area contributed by atoms with Crippen LogP contribution in [0.2, 0.25) is 0 Å². The summed E-state index contributed by atoms with van der Waals surface area (Å²) < 4.78 is 0. The Morgan fingerprint density at radius 1 is 1.80 bits per heavy atom. The zero-order valence-electron chi connectivity index (χ0n) is 5.87. The first kappa shape index (κ1) is 7.30. The van der Waals surface area contributed by atoms with Gasteiger partial charge in [-0.3, -0.25) is 0 Å². The summed E-state index contributed by atoms with van der Waals surface area (Å²) in [4.78, 5) is 4.70. The van der Waals surface area contributed by atoms with Gasteiger partial charge < -0.3 is 4.85 Å². The van der Waals surface area contributed by atoms with Gasteiger partial charge in [-0.05, 0) is 11.4 Å². The summed E-state index contributed by atoms with van der Waals surface area (Å²) >= 11 is 1.67. The summed E-state index contributed by atoms with van der Waals surface area (Å²) in [6, 6.07) is 4.12. The Labute approximate surface area is 65.1 Å². The Kier molecular flexibility index (Phi) is 2.47. The summed E-state index contributed by atoms with van der Waals surface area (Å²) in [6.45, 7) is 8.91. The standard InChI is InChI=1S/C8H9NS/c1-3-7(9-2)8-5-4-6-10-8/h4-7H,3H2,1H3. The average Bonchev–Trinajstić information content (AvgIpc) is 2.43. The van der Waals surface area contributed by atoms with E-state index in [-0.39, 0.29) is 6.04 Å². The lowest BCUT2D eigenvalue weighted by Gasteiger charge is -1.95. The Morgan fingerprint density at radius 3 is 3.00 bits per heavy atom. The highest BCUT2D eigenvalue weighted by Gasteiger charge is 2.12. The van der Waals surface area contributed by atoms with Crippen molar-refractivity contribution in [3.05, 3.63) is 33.8 Å². The van der Waals surface area contributed by atoms with Gasteiger partial charge in [0.15, 0.2) is 0 Å². The molecule has 1 aromatic heterocycles. The molecule has 0 aliphatic heterocycles. The zero-order chi connectivity index (χ0) is 7.40. The van der Waals surface area contributed by atoms with Crippen molar-refractivity contribution in [2.24, 2.45) is 0 Å². The lowest BCUT2D eigenvalue weighted by Crippen LogP contribution is -1.84. The minimum Gasteiger partial charge on any atom is -0.308 e. The van der Waals surface area contributed by atoms with Crippen LogP contribution in [0.15, 0.2) is 17.5 Å². The molecule has 0 aliphatic rings. The fourth-order valence-corrected chi connectivity index (χ4v) is 1.68. The molecule has 0 spiro atoms. The minimum absolute atomic E-state index is 0.0972. The van der Waals surface area contributed by atoms with Crippen molar-refractivity contribution in [2.75, 3.05) is 0 Å². The van der Waals surface area contributed by atoms with E-state index in [1.54, 1.807) is 11.3 Å². The fourth-order valence-electron chi connectivity index (χ4n) is 0.837. The van der Waals surface area contributed by atoms with Crippen LogP contribution in [0.3, 0.4) is 0 Å². The van der Waals surface area contributed by atoms with E-state index in [1.165, 1.54) is 4.88 Å². The van der Waals surface area contributed by atoms with Gasteiger partial charge in [-0.1, -0.05) is 13.0 Å². The molecule has 0 radical (unpaired) electrons. The summed E-state index contributed by atoms with van der Waals surface area (Å²) in [5.41, 5.74) is 0. The number of thiophene rings is 1. The second-order valence-electron chi connectivity index (χ2n) is 2.07. The molecule has 0 aromatic carbocycles. The molecule has 1 atom stereocenters. The SMILES string of the molecule is [C-]#[N+]C(CC)c1cccs1. The summed E-state index contributed by atoms with van der Waals surface area (Å²) in [5.74, 6) is 0. The zero-order valence-corrected chi connectivity index (χ0v) is 6.69. The van der Waals surface area contributed by atoms with Crippen molar-refractivity contribution in [1.82, 2.24) is 0 Å². The number of nitrogens with zero attached hydrogens (tertiary/aromatic N) is 1. The molecule has 0 fully saturated rings. The Balaban J connectivity index is 2.76. The van der Waals surface area contributed by atoms with Gasteiger partial charge >= 0.3 is 0 Å². The quantitative estimate of drug-likeness (QED) is 0.572. The van der Waals surface area contributed by atoms with E-state index < -0.39 is 0 Å². The highest BCUT2D eigenvalue weighted by molar-refractivity contribution is 7.10. The van der Waals surface area contributed by atoms with Crippen molar-refractivity contribution < 1.29 is 0 Å². The van der Waals surface area contributed by atoms with Crippen LogP contribution in [0, 0.1) is 6.57 Å². The van der Waals surface area contributed by atoms with Crippen molar-refractivity contribution in [2.45, 2.75) is 19.4 Å². The molecule has 1 aromatic rings. The van der Waals surface area contributed by atoms with Crippen LogP contribution in [-0.2, 0) is 0 Å². The van der Waals surface area contributed by atoms with Crippen LogP contribution in [0.5, 0.6) is 0 Å². The topological polar surface area (TPSA) is 4.36 Å². The number of rotatable bonds is 2. The average molecular weight is 151 g/mol. The Hall–Kier alpha value is -0.810. The third kappa shape index (κ3) is 1.37. The first-order chi connectivity index (χ1) is 4.88. The molecule has 2 heteroatoms. The molecule has 0 N–H and O–H groups in total. The first-order valence-corrected chi connectivity index (χ1v) is 4.16. The molecule has 52 valence electrons. The predicted molar refractivity (Wildman–Crippen MR) is 44.0 cm³/mol. The second kappa shape index (κ2) is 3.38. The highest BCUT2D eigenvalue weighted by atomic mass is 32.1. The first-order valence-electron chi connectivity index (χ1n) is 3.28. The maximum absolute atomic E-state index is 6.87. The van der Waals surface area contributed by atoms with Crippen LogP contribution in [0.4, 0.5) is 0 Å². The van der Waals surface area contributed by atoms with Gasteiger partial charge in [0.05, 0.1) is 4.88 Å². The number of hydrogen-bond acceptors (Lipinski definition) is 1. The van der Waals surface area contributed by atoms with Crippen LogP contribution >= 0.6 is 11.3 Å². The van der Waals surface area contributed by atoms with Gasteiger partial charge in [0, 0.05) is 6.42 Å². The predicted octanol–water partition coefficient (Wildman–Crippen LogP) is 3.12. The molecule has 0 bridgehead atoms. The van der Waals surface area contributed by atoms with E-state index in [9.17, 15) is 0 Å². The van der Waals surface area contributed by atoms with Crippen molar-refractivity contribution in [3.8, 4) is 0 Å². The third-order valence-corrected chi connectivity index (χ3v) is 2.39. The van der Waals surface area contributed by atoms with E-state index >= 15 is 0 Å². The largest absolute Gasteiger partial charge is 0.308 e. The highest BCUT2D eigenvalue weighted by Crippen LogP contribution is 2.24. The molecule has 1 rings (SSSR count). The van der Waals surface area contributed by atoms with Crippen LogP contribution < -0.4 is 0 Å². The normalized spacial score (nSPS) is 12.4. The maximum atomic E-state index is 6.87. The molecule has 0 aliphatic carbocycles. The summed E-state index contributed by atoms with van der Waals surface area (Å²) in [6.07, 6.45) is 0.921. The molecular formula is C8H9NS.